The minimum Gasteiger partial charge on any atom is -0.355 e. The van der Waals surface area contributed by atoms with Gasteiger partial charge in [-0.25, -0.2) is 9.97 Å². The molecule has 112 valence electrons. The summed E-state index contributed by atoms with van der Waals surface area (Å²) in [5.74, 6) is 0.846. The lowest BCUT2D eigenvalue weighted by atomic mass is 10.4. The second-order valence-electron chi connectivity index (χ2n) is 4.93. The third-order valence-corrected chi connectivity index (χ3v) is 5.79. The molecule has 0 radical (unpaired) electrons. The van der Waals surface area contributed by atoms with Gasteiger partial charge in [0.15, 0.2) is 0 Å². The Bertz CT molecular complexity index is 761. The SMILES string of the molecule is N#Cc1nccc(N2CC[C@H](S(=O)c3ccccc3Cl)C2)n1. The lowest BCUT2D eigenvalue weighted by Gasteiger charge is -2.17. The summed E-state index contributed by atoms with van der Waals surface area (Å²) >= 11 is 6.13. The standard InChI is InChI=1S/C15H13ClN4OS/c16-12-3-1-2-4-13(12)22(21)11-6-8-20(10-11)15-5-7-18-14(9-17)19-15/h1-5,7,11H,6,8,10H2/t11-,22?/m0/s1. The van der Waals surface area contributed by atoms with E-state index in [4.69, 9.17) is 16.9 Å². The molecule has 0 saturated carbocycles. The molecule has 0 bridgehead atoms. The third kappa shape index (κ3) is 2.96. The van der Waals surface area contributed by atoms with Crippen molar-refractivity contribution >= 4 is 28.2 Å². The molecule has 22 heavy (non-hydrogen) atoms. The topological polar surface area (TPSA) is 69.9 Å². The van der Waals surface area contributed by atoms with Crippen LogP contribution in [0.15, 0.2) is 41.4 Å². The largest absolute Gasteiger partial charge is 0.355 e. The Labute approximate surface area is 136 Å². The van der Waals surface area contributed by atoms with Gasteiger partial charge < -0.3 is 4.90 Å². The fourth-order valence-electron chi connectivity index (χ4n) is 2.48. The lowest BCUT2D eigenvalue weighted by Crippen LogP contribution is -2.25. The Morgan fingerprint density at radius 1 is 1.36 bits per heavy atom. The molecule has 0 N–H and O–H groups in total. The van der Waals surface area contributed by atoms with Crippen molar-refractivity contribution in [2.24, 2.45) is 0 Å². The van der Waals surface area contributed by atoms with Crippen LogP contribution in [0.25, 0.3) is 0 Å². The van der Waals surface area contributed by atoms with E-state index in [0.717, 1.165) is 13.0 Å². The van der Waals surface area contributed by atoms with E-state index in [1.165, 1.54) is 0 Å². The molecule has 1 unspecified atom stereocenters. The Balaban J connectivity index is 1.76. The van der Waals surface area contributed by atoms with Crippen molar-refractivity contribution in [2.75, 3.05) is 18.0 Å². The van der Waals surface area contributed by atoms with E-state index in [1.807, 2.05) is 23.1 Å². The van der Waals surface area contributed by atoms with E-state index in [2.05, 4.69) is 9.97 Å². The first kappa shape index (κ1) is 14.9. The van der Waals surface area contributed by atoms with Crippen molar-refractivity contribution in [3.63, 3.8) is 0 Å². The Morgan fingerprint density at radius 3 is 2.95 bits per heavy atom. The zero-order chi connectivity index (χ0) is 15.5. The zero-order valence-electron chi connectivity index (χ0n) is 11.6. The summed E-state index contributed by atoms with van der Waals surface area (Å²) in [5, 5.41) is 9.40. The highest BCUT2D eigenvalue weighted by molar-refractivity contribution is 7.85. The van der Waals surface area contributed by atoms with Crippen LogP contribution in [0.2, 0.25) is 5.02 Å². The van der Waals surface area contributed by atoms with Gasteiger partial charge in [0, 0.05) is 19.3 Å². The van der Waals surface area contributed by atoms with Crippen LogP contribution in [-0.2, 0) is 10.8 Å². The number of aromatic nitrogens is 2. The smallest absolute Gasteiger partial charge is 0.234 e. The molecule has 7 heteroatoms. The number of anilines is 1. The molecule has 1 saturated heterocycles. The van der Waals surface area contributed by atoms with E-state index in [-0.39, 0.29) is 11.1 Å². The number of nitrogens with zero attached hydrogens (tertiary/aromatic N) is 4. The molecule has 3 rings (SSSR count). The lowest BCUT2D eigenvalue weighted by molar-refractivity contribution is 0.673. The van der Waals surface area contributed by atoms with Gasteiger partial charge in [-0.15, -0.1) is 0 Å². The summed E-state index contributed by atoms with van der Waals surface area (Å²) in [7, 11) is -1.15. The molecule has 0 aliphatic carbocycles. The molecule has 1 aromatic carbocycles. The van der Waals surface area contributed by atoms with Crippen molar-refractivity contribution < 1.29 is 4.21 Å². The highest BCUT2D eigenvalue weighted by Crippen LogP contribution is 2.27. The van der Waals surface area contributed by atoms with E-state index in [0.29, 0.717) is 22.3 Å². The predicted molar refractivity (Wildman–Crippen MR) is 85.2 cm³/mol. The van der Waals surface area contributed by atoms with Gasteiger partial charge in [0.1, 0.15) is 11.9 Å². The molecule has 5 nitrogen and oxygen atoms in total. The molecule has 2 heterocycles. The van der Waals surface area contributed by atoms with Gasteiger partial charge in [-0.2, -0.15) is 5.26 Å². The van der Waals surface area contributed by atoms with Crippen molar-refractivity contribution in [1.29, 1.82) is 5.26 Å². The Hall–Kier alpha value is -1.97. The average molecular weight is 333 g/mol. The van der Waals surface area contributed by atoms with Crippen LogP contribution < -0.4 is 4.90 Å². The second-order valence-corrected chi connectivity index (χ2v) is 7.04. The van der Waals surface area contributed by atoms with Crippen molar-refractivity contribution in [3.8, 4) is 6.07 Å². The molecule has 1 aliphatic rings. The van der Waals surface area contributed by atoms with Crippen LogP contribution in [0.4, 0.5) is 5.82 Å². The maximum Gasteiger partial charge on any atom is 0.234 e. The van der Waals surface area contributed by atoms with Gasteiger partial charge >= 0.3 is 0 Å². The van der Waals surface area contributed by atoms with Gasteiger partial charge in [-0.3, -0.25) is 4.21 Å². The second kappa shape index (κ2) is 6.42. The van der Waals surface area contributed by atoms with Gasteiger partial charge in [-0.1, -0.05) is 23.7 Å². The molecule has 0 spiro atoms. The summed E-state index contributed by atoms with van der Waals surface area (Å²) in [6.45, 7) is 1.38. The first-order valence-electron chi connectivity index (χ1n) is 6.82. The Kier molecular flexibility index (Phi) is 4.36. The quantitative estimate of drug-likeness (QED) is 0.863. The fraction of sp³-hybridized carbons (Fsp3) is 0.267. The normalized spacial score (nSPS) is 18.9. The predicted octanol–water partition coefficient (Wildman–Crippen LogP) is 2.39. The summed E-state index contributed by atoms with van der Waals surface area (Å²) in [6, 6.07) is 10.9. The summed E-state index contributed by atoms with van der Waals surface area (Å²) < 4.78 is 12.7. The minimum absolute atomic E-state index is 0.000371. The number of halogens is 1. The molecule has 1 aliphatic heterocycles. The van der Waals surface area contributed by atoms with Crippen LogP contribution >= 0.6 is 11.6 Å². The van der Waals surface area contributed by atoms with Crippen LogP contribution in [0.5, 0.6) is 0 Å². The molecule has 2 atom stereocenters. The number of benzene rings is 1. The molecule has 1 fully saturated rings. The van der Waals surface area contributed by atoms with Gasteiger partial charge in [-0.05, 0) is 24.6 Å². The van der Waals surface area contributed by atoms with Gasteiger partial charge in [0.2, 0.25) is 5.82 Å². The number of hydrogen-bond donors (Lipinski definition) is 0. The Morgan fingerprint density at radius 2 is 2.18 bits per heavy atom. The summed E-state index contributed by atoms with van der Waals surface area (Å²) in [4.78, 5) is 10.8. The molecule has 2 aromatic rings. The van der Waals surface area contributed by atoms with Gasteiger partial charge in [0.05, 0.1) is 26.0 Å². The average Bonchev–Trinajstić information content (AvgIpc) is 3.05. The van der Waals surface area contributed by atoms with Crippen LogP contribution in [0, 0.1) is 11.3 Å². The number of nitriles is 1. The van der Waals surface area contributed by atoms with E-state index < -0.39 is 10.8 Å². The van der Waals surface area contributed by atoms with Crippen LogP contribution in [0.3, 0.4) is 0 Å². The minimum atomic E-state index is -1.15. The monoisotopic (exact) mass is 332 g/mol. The number of rotatable bonds is 3. The summed E-state index contributed by atoms with van der Waals surface area (Å²) in [6.07, 6.45) is 2.36. The van der Waals surface area contributed by atoms with Crippen LogP contribution in [-0.4, -0.2) is 32.5 Å². The highest BCUT2D eigenvalue weighted by Gasteiger charge is 2.29. The maximum absolute atomic E-state index is 12.7. The van der Waals surface area contributed by atoms with Crippen molar-refractivity contribution in [1.82, 2.24) is 9.97 Å². The first-order chi connectivity index (χ1) is 10.7. The van der Waals surface area contributed by atoms with Crippen LogP contribution in [0.1, 0.15) is 12.2 Å². The van der Waals surface area contributed by atoms with E-state index in [9.17, 15) is 4.21 Å². The highest BCUT2D eigenvalue weighted by atomic mass is 35.5. The molecule has 1 aromatic heterocycles. The third-order valence-electron chi connectivity index (χ3n) is 3.57. The maximum atomic E-state index is 12.7. The molecule has 0 amide bonds. The zero-order valence-corrected chi connectivity index (χ0v) is 13.2. The first-order valence-corrected chi connectivity index (χ1v) is 8.41. The van der Waals surface area contributed by atoms with Gasteiger partial charge in [0.25, 0.3) is 0 Å². The van der Waals surface area contributed by atoms with E-state index in [1.54, 1.807) is 24.4 Å². The van der Waals surface area contributed by atoms with Crippen molar-refractivity contribution in [2.45, 2.75) is 16.6 Å². The molecular weight excluding hydrogens is 320 g/mol. The number of hydrogen-bond acceptors (Lipinski definition) is 5. The van der Waals surface area contributed by atoms with Crippen molar-refractivity contribution in [3.05, 3.63) is 47.4 Å². The van der Waals surface area contributed by atoms with E-state index >= 15 is 0 Å². The fourth-order valence-corrected chi connectivity index (χ4v) is 4.31. The summed E-state index contributed by atoms with van der Waals surface area (Å²) in [5.41, 5.74) is 0. The molecular formula is C15H13ClN4OS.